The number of aromatic nitrogens is 2. The first-order chi connectivity index (χ1) is 14.5. The van der Waals surface area contributed by atoms with E-state index in [1.807, 2.05) is 52.8 Å². The summed E-state index contributed by atoms with van der Waals surface area (Å²) < 4.78 is 16.7. The fourth-order valence-electron chi connectivity index (χ4n) is 2.81. The minimum Gasteiger partial charge on any atom is -0.490 e. The molecule has 1 aromatic carbocycles. The van der Waals surface area contributed by atoms with Crippen LogP contribution in [0.25, 0.3) is 0 Å². The SMILES string of the molecule is CCNC(=NCCc1nc(C(C)C)no1)NC(C)c1ccc(OCC)c(OCC)c1. The molecule has 0 amide bonds. The molecule has 30 heavy (non-hydrogen) atoms. The van der Waals surface area contributed by atoms with Gasteiger partial charge in [0.15, 0.2) is 23.3 Å². The van der Waals surface area contributed by atoms with E-state index in [2.05, 4.69) is 32.7 Å². The minimum absolute atomic E-state index is 0.0358. The number of rotatable bonds is 11. The van der Waals surface area contributed by atoms with Crippen LogP contribution in [-0.4, -0.2) is 42.4 Å². The summed E-state index contributed by atoms with van der Waals surface area (Å²) in [6.45, 7) is 14.6. The molecule has 0 saturated carbocycles. The number of benzene rings is 1. The van der Waals surface area contributed by atoms with Crippen molar-refractivity contribution in [3.05, 3.63) is 35.5 Å². The zero-order valence-corrected chi connectivity index (χ0v) is 19.0. The second-order valence-electron chi connectivity index (χ2n) is 7.15. The van der Waals surface area contributed by atoms with E-state index in [1.165, 1.54) is 0 Å². The smallest absolute Gasteiger partial charge is 0.228 e. The first kappa shape index (κ1) is 23.5. The molecule has 1 aromatic heterocycles. The summed E-state index contributed by atoms with van der Waals surface area (Å²) in [4.78, 5) is 9.04. The number of nitrogens with one attached hydrogen (secondary N) is 2. The average molecular weight is 418 g/mol. The van der Waals surface area contributed by atoms with Gasteiger partial charge in [-0.1, -0.05) is 25.1 Å². The Balaban J connectivity index is 2.03. The summed E-state index contributed by atoms with van der Waals surface area (Å²) in [7, 11) is 0. The Morgan fingerprint density at radius 1 is 1.10 bits per heavy atom. The molecule has 8 nitrogen and oxygen atoms in total. The number of aliphatic imine (C=N–C) groups is 1. The van der Waals surface area contributed by atoms with Gasteiger partial charge in [-0.2, -0.15) is 4.98 Å². The summed E-state index contributed by atoms with van der Waals surface area (Å²) in [5, 5.41) is 10.7. The van der Waals surface area contributed by atoms with Gasteiger partial charge in [0.05, 0.1) is 25.8 Å². The minimum atomic E-state index is 0.0358. The van der Waals surface area contributed by atoms with Crippen molar-refractivity contribution in [2.45, 2.75) is 59.9 Å². The highest BCUT2D eigenvalue weighted by Gasteiger charge is 2.13. The van der Waals surface area contributed by atoms with Crippen molar-refractivity contribution >= 4 is 5.96 Å². The van der Waals surface area contributed by atoms with Gasteiger partial charge in [-0.3, -0.25) is 4.99 Å². The molecule has 0 saturated heterocycles. The van der Waals surface area contributed by atoms with Gasteiger partial charge < -0.3 is 24.6 Å². The zero-order chi connectivity index (χ0) is 21.9. The van der Waals surface area contributed by atoms with Gasteiger partial charge in [0.25, 0.3) is 0 Å². The third-order valence-electron chi connectivity index (χ3n) is 4.36. The largest absolute Gasteiger partial charge is 0.490 e. The molecule has 2 rings (SSSR count). The second-order valence-corrected chi connectivity index (χ2v) is 7.15. The van der Waals surface area contributed by atoms with Crippen LogP contribution >= 0.6 is 0 Å². The predicted molar refractivity (Wildman–Crippen MR) is 118 cm³/mol. The Labute approximate surface area is 179 Å². The van der Waals surface area contributed by atoms with E-state index >= 15 is 0 Å². The van der Waals surface area contributed by atoms with Gasteiger partial charge in [0, 0.05) is 18.9 Å². The molecule has 0 fully saturated rings. The van der Waals surface area contributed by atoms with E-state index in [1.54, 1.807) is 0 Å². The third kappa shape index (κ3) is 6.93. The van der Waals surface area contributed by atoms with E-state index in [9.17, 15) is 0 Å². The van der Waals surface area contributed by atoms with Crippen molar-refractivity contribution in [3.63, 3.8) is 0 Å². The Morgan fingerprint density at radius 2 is 1.83 bits per heavy atom. The van der Waals surface area contributed by atoms with Crippen molar-refractivity contribution < 1.29 is 14.0 Å². The van der Waals surface area contributed by atoms with Crippen molar-refractivity contribution in [1.29, 1.82) is 0 Å². The normalized spacial score (nSPS) is 12.7. The van der Waals surface area contributed by atoms with Crippen LogP contribution in [-0.2, 0) is 6.42 Å². The van der Waals surface area contributed by atoms with E-state index in [0.717, 1.165) is 35.4 Å². The molecule has 1 atom stereocenters. The Hall–Kier alpha value is -2.77. The quantitative estimate of drug-likeness (QED) is 0.424. The molecule has 0 aliphatic carbocycles. The lowest BCUT2D eigenvalue weighted by molar-refractivity contribution is 0.287. The van der Waals surface area contributed by atoms with Crippen LogP contribution in [0.1, 0.15) is 70.8 Å². The molecule has 8 heteroatoms. The van der Waals surface area contributed by atoms with E-state index in [-0.39, 0.29) is 12.0 Å². The van der Waals surface area contributed by atoms with Gasteiger partial charge >= 0.3 is 0 Å². The molecule has 0 radical (unpaired) electrons. The first-order valence-electron chi connectivity index (χ1n) is 10.7. The molecular formula is C22H35N5O3. The van der Waals surface area contributed by atoms with Gasteiger partial charge in [-0.15, -0.1) is 0 Å². The standard InChI is InChI=1S/C22H35N5O3/c1-7-23-22(24-13-12-20-26-21(15(4)5)27-30-20)25-16(6)17-10-11-18(28-8-2)19(14-17)29-9-3/h10-11,14-16H,7-9,12-13H2,1-6H3,(H2,23,24,25). The lowest BCUT2D eigenvalue weighted by Gasteiger charge is -2.20. The Kier molecular flexibility index (Phi) is 9.44. The maximum Gasteiger partial charge on any atom is 0.228 e. The molecule has 0 aliphatic heterocycles. The fourth-order valence-corrected chi connectivity index (χ4v) is 2.81. The number of nitrogens with zero attached hydrogens (tertiary/aromatic N) is 3. The molecule has 0 bridgehead atoms. The second kappa shape index (κ2) is 12.0. The van der Waals surface area contributed by atoms with Crippen molar-refractivity contribution in [2.24, 2.45) is 4.99 Å². The summed E-state index contributed by atoms with van der Waals surface area (Å²) in [6, 6.07) is 6.05. The van der Waals surface area contributed by atoms with Gasteiger partial charge in [-0.25, -0.2) is 0 Å². The van der Waals surface area contributed by atoms with Gasteiger partial charge in [-0.05, 0) is 45.4 Å². The number of hydrogen-bond acceptors (Lipinski definition) is 6. The molecule has 0 aliphatic rings. The highest BCUT2D eigenvalue weighted by atomic mass is 16.5. The zero-order valence-electron chi connectivity index (χ0n) is 19.0. The predicted octanol–water partition coefficient (Wildman–Crippen LogP) is 3.85. The van der Waals surface area contributed by atoms with Gasteiger partial charge in [0.1, 0.15) is 0 Å². The first-order valence-corrected chi connectivity index (χ1v) is 10.7. The van der Waals surface area contributed by atoms with Crippen LogP contribution in [0.2, 0.25) is 0 Å². The summed E-state index contributed by atoms with van der Waals surface area (Å²) in [5.41, 5.74) is 1.09. The number of ether oxygens (including phenoxy) is 2. The van der Waals surface area contributed by atoms with Crippen LogP contribution < -0.4 is 20.1 Å². The lowest BCUT2D eigenvalue weighted by Crippen LogP contribution is -2.38. The van der Waals surface area contributed by atoms with Gasteiger partial charge in [0.2, 0.25) is 5.89 Å². The summed E-state index contributed by atoms with van der Waals surface area (Å²) >= 11 is 0. The van der Waals surface area contributed by atoms with E-state index < -0.39 is 0 Å². The monoisotopic (exact) mass is 417 g/mol. The van der Waals surface area contributed by atoms with Crippen LogP contribution in [0, 0.1) is 0 Å². The summed E-state index contributed by atoms with van der Waals surface area (Å²) in [6.07, 6.45) is 0.599. The molecule has 1 heterocycles. The lowest BCUT2D eigenvalue weighted by atomic mass is 10.1. The molecule has 166 valence electrons. The average Bonchev–Trinajstić information content (AvgIpc) is 3.19. The van der Waals surface area contributed by atoms with Crippen molar-refractivity contribution in [2.75, 3.05) is 26.3 Å². The molecule has 0 spiro atoms. The Bertz CT molecular complexity index is 804. The molecule has 2 aromatic rings. The summed E-state index contributed by atoms with van der Waals surface area (Å²) in [5.74, 6) is 3.84. The fraction of sp³-hybridized carbons (Fsp3) is 0.591. The third-order valence-corrected chi connectivity index (χ3v) is 4.36. The van der Waals surface area contributed by atoms with Crippen LogP contribution in [0.4, 0.5) is 0 Å². The molecule has 1 unspecified atom stereocenters. The highest BCUT2D eigenvalue weighted by Crippen LogP contribution is 2.30. The van der Waals surface area contributed by atoms with Crippen LogP contribution in [0.15, 0.2) is 27.7 Å². The number of guanidine groups is 1. The highest BCUT2D eigenvalue weighted by molar-refractivity contribution is 5.80. The topological polar surface area (TPSA) is 93.8 Å². The number of hydrogen-bond donors (Lipinski definition) is 2. The van der Waals surface area contributed by atoms with E-state index in [4.69, 9.17) is 14.0 Å². The maximum absolute atomic E-state index is 5.74. The maximum atomic E-state index is 5.74. The van der Waals surface area contributed by atoms with Crippen molar-refractivity contribution in [3.8, 4) is 11.5 Å². The Morgan fingerprint density at radius 3 is 2.47 bits per heavy atom. The van der Waals surface area contributed by atoms with Crippen LogP contribution in [0.5, 0.6) is 11.5 Å². The molecular weight excluding hydrogens is 382 g/mol. The molecule has 2 N–H and O–H groups in total. The van der Waals surface area contributed by atoms with Crippen LogP contribution in [0.3, 0.4) is 0 Å². The van der Waals surface area contributed by atoms with E-state index in [0.29, 0.717) is 32.1 Å². The van der Waals surface area contributed by atoms with Crippen molar-refractivity contribution in [1.82, 2.24) is 20.8 Å².